The van der Waals surface area contributed by atoms with Gasteiger partial charge in [0, 0.05) is 19.0 Å². The molecule has 0 spiro atoms. The molecule has 2 aromatic rings. The summed E-state index contributed by atoms with van der Waals surface area (Å²) >= 11 is 0. The average molecular weight is 339 g/mol. The number of nitrogens with zero attached hydrogens (tertiary/aromatic N) is 1. The number of carbonyl (C=O) groups is 1. The van der Waals surface area contributed by atoms with Crippen LogP contribution in [0.4, 0.5) is 0 Å². The predicted octanol–water partition coefficient (Wildman–Crippen LogP) is 4.05. The zero-order valence-electron chi connectivity index (χ0n) is 15.0. The van der Waals surface area contributed by atoms with Crippen molar-refractivity contribution >= 4 is 11.5 Å². The van der Waals surface area contributed by atoms with Crippen LogP contribution in [-0.4, -0.2) is 36.6 Å². The summed E-state index contributed by atoms with van der Waals surface area (Å²) < 4.78 is 5.98. The van der Waals surface area contributed by atoms with Gasteiger partial charge >= 0.3 is 0 Å². The number of carboxylic acids is 1. The number of rotatable bonds is 3. The van der Waals surface area contributed by atoms with Crippen LogP contribution in [0.1, 0.15) is 30.0 Å². The highest BCUT2D eigenvalue weighted by molar-refractivity contribution is 5.84. The second kappa shape index (κ2) is 9.04. The van der Waals surface area contributed by atoms with E-state index in [-0.39, 0.29) is 0 Å². The monoisotopic (exact) mass is 339 g/mol. The van der Waals surface area contributed by atoms with Gasteiger partial charge < -0.3 is 14.7 Å². The van der Waals surface area contributed by atoms with Gasteiger partial charge in [0.2, 0.25) is 0 Å². The Morgan fingerprint density at radius 1 is 1.12 bits per heavy atom. The molecule has 0 unspecified atom stereocenters. The smallest absolute Gasteiger partial charge is 0.300 e. The molecule has 0 fully saturated rings. The molecule has 0 saturated carbocycles. The Hall–Kier alpha value is -2.59. The third-order valence-corrected chi connectivity index (χ3v) is 3.79. The van der Waals surface area contributed by atoms with Crippen LogP contribution in [0.15, 0.2) is 54.6 Å². The van der Waals surface area contributed by atoms with E-state index in [0.29, 0.717) is 6.61 Å². The Bertz CT molecular complexity index is 697. The fraction of sp³-hybridized carbons (Fsp3) is 0.286. The lowest BCUT2D eigenvalue weighted by Gasteiger charge is -2.12. The summed E-state index contributed by atoms with van der Waals surface area (Å²) in [6.45, 7) is 2.77. The number of hydrogen-bond acceptors (Lipinski definition) is 3. The number of ether oxygens (including phenoxy) is 1. The molecular formula is C21H25NO3. The molecule has 1 N–H and O–H groups in total. The Balaban J connectivity index is 0.000000511. The first-order valence-electron chi connectivity index (χ1n) is 8.34. The molecule has 0 saturated heterocycles. The summed E-state index contributed by atoms with van der Waals surface area (Å²) in [5.74, 6) is 0.143. The molecule has 1 heterocycles. The zero-order valence-corrected chi connectivity index (χ0v) is 15.0. The summed E-state index contributed by atoms with van der Waals surface area (Å²) in [5, 5.41) is 7.42. The largest absolute Gasteiger partial charge is 0.488 e. The van der Waals surface area contributed by atoms with Gasteiger partial charge in [0.1, 0.15) is 12.4 Å². The van der Waals surface area contributed by atoms with Crippen LogP contribution in [0.2, 0.25) is 0 Å². The van der Waals surface area contributed by atoms with Gasteiger partial charge in [0.15, 0.2) is 0 Å². The van der Waals surface area contributed by atoms with Crippen molar-refractivity contribution in [1.82, 2.24) is 4.90 Å². The zero-order chi connectivity index (χ0) is 18.2. The molecule has 3 rings (SSSR count). The highest BCUT2D eigenvalue weighted by Gasteiger charge is 2.17. The van der Waals surface area contributed by atoms with Crippen molar-refractivity contribution in [3.63, 3.8) is 0 Å². The lowest BCUT2D eigenvalue weighted by Crippen LogP contribution is -2.12. The SMILES string of the molecule is CC(=O)O.CN(C)CC/C=C1\c2ccccc2COc2ccccc21. The third kappa shape index (κ3) is 5.47. The van der Waals surface area contributed by atoms with E-state index in [0.717, 1.165) is 25.6 Å². The van der Waals surface area contributed by atoms with Crippen molar-refractivity contribution in [2.75, 3.05) is 20.6 Å². The van der Waals surface area contributed by atoms with Gasteiger partial charge in [-0.15, -0.1) is 0 Å². The molecule has 4 nitrogen and oxygen atoms in total. The minimum absolute atomic E-state index is 0.637. The predicted molar refractivity (Wildman–Crippen MR) is 101 cm³/mol. The number of benzene rings is 2. The summed E-state index contributed by atoms with van der Waals surface area (Å²) in [7, 11) is 4.22. The van der Waals surface area contributed by atoms with Crippen LogP contribution in [0, 0.1) is 0 Å². The fourth-order valence-corrected chi connectivity index (χ4v) is 2.71. The van der Waals surface area contributed by atoms with Gasteiger partial charge in [0.25, 0.3) is 5.97 Å². The maximum Gasteiger partial charge on any atom is 0.300 e. The van der Waals surface area contributed by atoms with Gasteiger partial charge in [0.05, 0.1) is 0 Å². The number of aliphatic carboxylic acids is 1. The minimum Gasteiger partial charge on any atom is -0.488 e. The number of para-hydroxylation sites is 1. The van der Waals surface area contributed by atoms with E-state index in [1.807, 2.05) is 6.07 Å². The van der Waals surface area contributed by atoms with Crippen molar-refractivity contribution in [2.45, 2.75) is 20.0 Å². The molecule has 4 heteroatoms. The van der Waals surface area contributed by atoms with Gasteiger partial charge in [-0.25, -0.2) is 0 Å². The quantitative estimate of drug-likeness (QED) is 0.916. The Labute approximate surface area is 149 Å². The van der Waals surface area contributed by atoms with Gasteiger partial charge in [-0.3, -0.25) is 4.79 Å². The Morgan fingerprint density at radius 3 is 2.40 bits per heavy atom. The molecule has 1 aliphatic heterocycles. The number of carboxylic acid groups (broad SMARTS) is 1. The van der Waals surface area contributed by atoms with Crippen LogP contribution in [0.3, 0.4) is 0 Å². The van der Waals surface area contributed by atoms with Gasteiger partial charge in [-0.05, 0) is 43.3 Å². The van der Waals surface area contributed by atoms with Gasteiger partial charge in [-0.1, -0.05) is 48.5 Å². The van der Waals surface area contributed by atoms with Gasteiger partial charge in [-0.2, -0.15) is 0 Å². The van der Waals surface area contributed by atoms with E-state index in [2.05, 4.69) is 67.5 Å². The molecule has 0 radical (unpaired) electrons. The van der Waals surface area contributed by atoms with E-state index in [1.54, 1.807) is 0 Å². The van der Waals surface area contributed by atoms with E-state index in [1.165, 1.54) is 22.3 Å². The molecule has 0 aromatic heterocycles. The van der Waals surface area contributed by atoms with Crippen LogP contribution in [-0.2, 0) is 11.4 Å². The van der Waals surface area contributed by atoms with E-state index < -0.39 is 5.97 Å². The van der Waals surface area contributed by atoms with Crippen molar-refractivity contribution in [2.24, 2.45) is 0 Å². The summed E-state index contributed by atoms with van der Waals surface area (Å²) in [4.78, 5) is 11.2. The minimum atomic E-state index is -0.833. The lowest BCUT2D eigenvalue weighted by atomic mass is 9.93. The number of hydrogen-bond donors (Lipinski definition) is 1. The normalized spacial score (nSPS) is 13.8. The van der Waals surface area contributed by atoms with Crippen LogP contribution in [0.25, 0.3) is 5.57 Å². The van der Waals surface area contributed by atoms with E-state index in [4.69, 9.17) is 14.6 Å². The molecule has 132 valence electrons. The maximum atomic E-state index is 9.00. The molecule has 25 heavy (non-hydrogen) atoms. The standard InChI is InChI=1S/C19H21NO.C2H4O2/c1-20(2)13-7-11-17-16-9-4-3-8-15(16)14-21-19-12-6-5-10-18(17)19;1-2(3)4/h3-6,8-12H,7,13-14H2,1-2H3;1H3,(H,3,4)/b17-11+;. The first-order valence-corrected chi connectivity index (χ1v) is 8.34. The summed E-state index contributed by atoms with van der Waals surface area (Å²) in [5.41, 5.74) is 5.03. The first kappa shape index (κ1) is 18.7. The van der Waals surface area contributed by atoms with Crippen LogP contribution < -0.4 is 4.74 Å². The summed E-state index contributed by atoms with van der Waals surface area (Å²) in [6.07, 6.45) is 3.37. The Morgan fingerprint density at radius 2 is 1.72 bits per heavy atom. The molecule has 0 atom stereocenters. The fourth-order valence-electron chi connectivity index (χ4n) is 2.71. The van der Waals surface area contributed by atoms with Crippen molar-refractivity contribution in [3.05, 3.63) is 71.3 Å². The van der Waals surface area contributed by atoms with Crippen molar-refractivity contribution in [1.29, 1.82) is 0 Å². The number of fused-ring (bicyclic) bond motifs is 2. The summed E-state index contributed by atoms with van der Waals surface area (Å²) in [6, 6.07) is 16.9. The molecule has 0 amide bonds. The average Bonchev–Trinajstić information content (AvgIpc) is 2.72. The Kier molecular flexibility index (Phi) is 6.78. The molecule has 0 bridgehead atoms. The first-order chi connectivity index (χ1) is 12.0. The van der Waals surface area contributed by atoms with Crippen LogP contribution >= 0.6 is 0 Å². The second-order valence-electron chi connectivity index (χ2n) is 6.17. The topological polar surface area (TPSA) is 49.8 Å². The van der Waals surface area contributed by atoms with Crippen molar-refractivity contribution in [3.8, 4) is 5.75 Å². The highest BCUT2D eigenvalue weighted by atomic mass is 16.5. The van der Waals surface area contributed by atoms with Crippen LogP contribution in [0.5, 0.6) is 5.75 Å². The second-order valence-corrected chi connectivity index (χ2v) is 6.17. The molecular weight excluding hydrogens is 314 g/mol. The highest BCUT2D eigenvalue weighted by Crippen LogP contribution is 2.36. The third-order valence-electron chi connectivity index (χ3n) is 3.79. The van der Waals surface area contributed by atoms with E-state index in [9.17, 15) is 0 Å². The lowest BCUT2D eigenvalue weighted by molar-refractivity contribution is -0.134. The molecule has 2 aromatic carbocycles. The van der Waals surface area contributed by atoms with Crippen molar-refractivity contribution < 1.29 is 14.6 Å². The molecule has 1 aliphatic rings. The maximum absolute atomic E-state index is 9.00. The van der Waals surface area contributed by atoms with E-state index >= 15 is 0 Å². The molecule has 0 aliphatic carbocycles.